The number of nitrogens with zero attached hydrogens (tertiary/aromatic N) is 1. The molecule has 1 N–H and O–H groups in total. The van der Waals surface area contributed by atoms with Crippen LogP contribution in [0.5, 0.6) is 5.75 Å². The third-order valence-electron chi connectivity index (χ3n) is 5.64. The molecule has 1 saturated heterocycles. The van der Waals surface area contributed by atoms with Crippen molar-refractivity contribution < 1.29 is 13.2 Å². The van der Waals surface area contributed by atoms with Gasteiger partial charge in [-0.25, -0.2) is 12.4 Å². The number of aromatic nitrogens is 1. The van der Waals surface area contributed by atoms with E-state index in [0.29, 0.717) is 17.2 Å². The molecule has 2 aromatic carbocycles. The third kappa shape index (κ3) is 4.02. The fraction of sp³-hybridized carbons (Fsp3) is 0.364. The number of halogens is 1. The van der Waals surface area contributed by atoms with Crippen LogP contribution in [0.4, 0.5) is 0 Å². The second-order valence-corrected chi connectivity index (χ2v) is 9.71. The van der Waals surface area contributed by atoms with Crippen LogP contribution in [0, 0.1) is 5.92 Å². The number of fused-ring (bicyclic) bond motifs is 1. The minimum atomic E-state index is -3.81. The van der Waals surface area contributed by atoms with E-state index in [0.717, 1.165) is 36.9 Å². The average Bonchev–Trinajstić information content (AvgIpc) is 2.99. The van der Waals surface area contributed by atoms with Crippen molar-refractivity contribution in [3.05, 3.63) is 59.2 Å². The first-order valence-electron chi connectivity index (χ1n) is 9.89. The Balaban J connectivity index is 1.80. The molecular weight excluding hydrogens is 408 g/mol. The van der Waals surface area contributed by atoms with Crippen molar-refractivity contribution in [1.29, 1.82) is 0 Å². The highest BCUT2D eigenvalue weighted by Crippen LogP contribution is 2.33. The third-order valence-corrected chi connectivity index (χ3v) is 7.83. The van der Waals surface area contributed by atoms with Crippen LogP contribution in [-0.4, -0.2) is 32.6 Å². The van der Waals surface area contributed by atoms with E-state index in [1.54, 1.807) is 37.6 Å². The van der Waals surface area contributed by atoms with Crippen molar-refractivity contribution in [2.24, 2.45) is 5.92 Å². The summed E-state index contributed by atoms with van der Waals surface area (Å²) < 4.78 is 33.4. The van der Waals surface area contributed by atoms with Crippen LogP contribution in [0.15, 0.2) is 53.6 Å². The van der Waals surface area contributed by atoms with E-state index in [-0.39, 0.29) is 9.92 Å². The molecule has 1 fully saturated rings. The van der Waals surface area contributed by atoms with Gasteiger partial charge in [0.15, 0.2) is 0 Å². The smallest absolute Gasteiger partial charge is 0.269 e. The van der Waals surface area contributed by atoms with Gasteiger partial charge < -0.3 is 10.1 Å². The molecule has 0 bridgehead atoms. The largest absolute Gasteiger partial charge is 0.497 e. The molecule has 0 aliphatic carbocycles. The Bertz CT molecular complexity index is 1120. The number of hydrogen-bond donors (Lipinski definition) is 1. The molecule has 3 aromatic rings. The summed E-state index contributed by atoms with van der Waals surface area (Å²) in [6.07, 6.45) is 5.98. The van der Waals surface area contributed by atoms with Gasteiger partial charge in [0, 0.05) is 17.6 Å². The highest BCUT2D eigenvalue weighted by Gasteiger charge is 2.23. The second-order valence-electron chi connectivity index (χ2n) is 7.52. The van der Waals surface area contributed by atoms with Gasteiger partial charge in [-0.3, -0.25) is 0 Å². The van der Waals surface area contributed by atoms with Gasteiger partial charge in [0.05, 0.1) is 17.6 Å². The van der Waals surface area contributed by atoms with E-state index < -0.39 is 10.0 Å². The summed E-state index contributed by atoms with van der Waals surface area (Å²) >= 11 is 6.19. The fourth-order valence-electron chi connectivity index (χ4n) is 4.13. The topological polar surface area (TPSA) is 60.3 Å². The zero-order valence-corrected chi connectivity index (χ0v) is 18.0. The number of rotatable bonds is 5. The van der Waals surface area contributed by atoms with E-state index in [4.69, 9.17) is 16.3 Å². The minimum Gasteiger partial charge on any atom is -0.497 e. The first kappa shape index (κ1) is 20.3. The normalized spacial score (nSPS) is 17.9. The fourth-order valence-corrected chi connectivity index (χ4v) is 5.96. The minimum absolute atomic E-state index is 0.0957. The molecular formula is C22H25ClN2O3S. The predicted molar refractivity (Wildman–Crippen MR) is 116 cm³/mol. The summed E-state index contributed by atoms with van der Waals surface area (Å²) in [5.74, 6) is 1.23. The molecule has 0 spiro atoms. The lowest BCUT2D eigenvalue weighted by atomic mass is 9.91. The average molecular weight is 433 g/mol. The van der Waals surface area contributed by atoms with Crippen LogP contribution in [0.1, 0.15) is 24.8 Å². The molecule has 1 aliphatic rings. The predicted octanol–water partition coefficient (Wildman–Crippen LogP) is 4.47. The standard InChI is InChI=1S/C22H25ClN2O3S/c1-28-18-14-17(13-16-5-4-10-24-11-8-16)19-9-12-25(21(19)15-18)29(26,27)22-7-3-2-6-20(22)23/h2-3,6-7,9,12,14-16,24H,4-5,8,10-11,13H2,1H3. The van der Waals surface area contributed by atoms with Crippen molar-refractivity contribution in [2.45, 2.75) is 30.6 Å². The van der Waals surface area contributed by atoms with Gasteiger partial charge in [0.1, 0.15) is 10.6 Å². The molecule has 1 aromatic heterocycles. The summed E-state index contributed by atoms with van der Waals surface area (Å²) in [7, 11) is -2.21. The molecule has 0 amide bonds. The molecule has 5 nitrogen and oxygen atoms in total. The molecule has 1 aliphatic heterocycles. The molecule has 29 heavy (non-hydrogen) atoms. The van der Waals surface area contributed by atoms with Crippen molar-refractivity contribution in [3.8, 4) is 5.75 Å². The van der Waals surface area contributed by atoms with Crippen LogP contribution in [0.3, 0.4) is 0 Å². The first-order valence-corrected chi connectivity index (χ1v) is 11.7. The van der Waals surface area contributed by atoms with Crippen LogP contribution in [0.25, 0.3) is 10.9 Å². The van der Waals surface area contributed by atoms with E-state index in [1.807, 2.05) is 12.1 Å². The van der Waals surface area contributed by atoms with Crippen molar-refractivity contribution in [1.82, 2.24) is 9.29 Å². The number of nitrogens with one attached hydrogen (secondary N) is 1. The van der Waals surface area contributed by atoms with Gasteiger partial charge in [0.25, 0.3) is 10.0 Å². The van der Waals surface area contributed by atoms with Gasteiger partial charge in [-0.15, -0.1) is 0 Å². The molecule has 1 atom stereocenters. The van der Waals surface area contributed by atoms with E-state index in [1.165, 1.54) is 22.9 Å². The molecule has 1 unspecified atom stereocenters. The Labute approximate surface area is 176 Å². The number of benzene rings is 2. The SMILES string of the molecule is COc1cc(CC2CCCNCC2)c2ccn(S(=O)(=O)c3ccccc3Cl)c2c1. The van der Waals surface area contributed by atoms with Gasteiger partial charge in [-0.1, -0.05) is 23.7 Å². The number of ether oxygens (including phenoxy) is 1. The lowest BCUT2D eigenvalue weighted by molar-refractivity contribution is 0.413. The summed E-state index contributed by atoms with van der Waals surface area (Å²) in [5.41, 5.74) is 1.74. The monoisotopic (exact) mass is 432 g/mol. The Morgan fingerprint density at radius 2 is 2.00 bits per heavy atom. The van der Waals surface area contributed by atoms with E-state index in [2.05, 4.69) is 5.32 Å². The van der Waals surface area contributed by atoms with Gasteiger partial charge in [0.2, 0.25) is 0 Å². The molecule has 0 saturated carbocycles. The molecule has 0 radical (unpaired) electrons. The van der Waals surface area contributed by atoms with Crippen LogP contribution in [0.2, 0.25) is 5.02 Å². The van der Waals surface area contributed by atoms with Crippen LogP contribution < -0.4 is 10.1 Å². The Morgan fingerprint density at radius 1 is 1.17 bits per heavy atom. The second kappa shape index (κ2) is 8.38. The van der Waals surface area contributed by atoms with E-state index in [9.17, 15) is 8.42 Å². The Kier molecular flexibility index (Phi) is 5.86. The molecule has 4 rings (SSSR count). The zero-order chi connectivity index (χ0) is 20.4. The van der Waals surface area contributed by atoms with Crippen molar-refractivity contribution in [2.75, 3.05) is 20.2 Å². The van der Waals surface area contributed by atoms with Crippen LogP contribution >= 0.6 is 11.6 Å². The summed E-state index contributed by atoms with van der Waals surface area (Å²) in [6, 6.07) is 12.2. The molecule has 7 heteroatoms. The maximum atomic E-state index is 13.3. The summed E-state index contributed by atoms with van der Waals surface area (Å²) in [4.78, 5) is 0.0957. The number of hydrogen-bond acceptors (Lipinski definition) is 4. The van der Waals surface area contributed by atoms with Gasteiger partial charge >= 0.3 is 0 Å². The molecule has 154 valence electrons. The Morgan fingerprint density at radius 3 is 2.79 bits per heavy atom. The first-order chi connectivity index (χ1) is 14.0. The summed E-state index contributed by atoms with van der Waals surface area (Å²) in [5, 5.41) is 4.60. The van der Waals surface area contributed by atoms with Crippen molar-refractivity contribution in [3.63, 3.8) is 0 Å². The number of methoxy groups -OCH3 is 1. The quantitative estimate of drug-likeness (QED) is 0.646. The maximum absolute atomic E-state index is 13.3. The zero-order valence-electron chi connectivity index (χ0n) is 16.4. The highest BCUT2D eigenvalue weighted by molar-refractivity contribution is 7.90. The lowest BCUT2D eigenvalue weighted by Crippen LogP contribution is -2.14. The van der Waals surface area contributed by atoms with Gasteiger partial charge in [-0.2, -0.15) is 0 Å². The molecule has 2 heterocycles. The van der Waals surface area contributed by atoms with Crippen LogP contribution in [-0.2, 0) is 16.4 Å². The summed E-state index contributed by atoms with van der Waals surface area (Å²) in [6.45, 7) is 2.09. The highest BCUT2D eigenvalue weighted by atomic mass is 35.5. The lowest BCUT2D eigenvalue weighted by Gasteiger charge is -2.16. The van der Waals surface area contributed by atoms with Crippen molar-refractivity contribution >= 4 is 32.5 Å². The van der Waals surface area contributed by atoms with E-state index >= 15 is 0 Å². The Hall–Kier alpha value is -2.02. The van der Waals surface area contributed by atoms with Gasteiger partial charge in [-0.05, 0) is 74.5 Å². The maximum Gasteiger partial charge on any atom is 0.269 e.